The molecule has 1 aliphatic rings. The molecule has 0 bridgehead atoms. The third-order valence-corrected chi connectivity index (χ3v) is 6.71. The zero-order valence-electron chi connectivity index (χ0n) is 20.9. The number of halogens is 3. The summed E-state index contributed by atoms with van der Waals surface area (Å²) in [4.78, 5) is 0. The minimum absolute atomic E-state index is 0.141. The Labute approximate surface area is 211 Å². The lowest BCUT2D eigenvalue weighted by Gasteiger charge is -2.30. The summed E-state index contributed by atoms with van der Waals surface area (Å²) in [7, 11) is 0. The van der Waals surface area contributed by atoms with Gasteiger partial charge in [-0.1, -0.05) is 74.0 Å². The molecule has 0 N–H and O–H groups in total. The van der Waals surface area contributed by atoms with Crippen LogP contribution < -0.4 is 0 Å². The first kappa shape index (κ1) is 26.2. The number of rotatable bonds is 9. The van der Waals surface area contributed by atoms with E-state index in [1.54, 1.807) is 42.5 Å². The number of unbranched alkanes of at least 4 members (excludes halogenated alkanes) is 1. The molecule has 0 aliphatic carbocycles. The van der Waals surface area contributed by atoms with E-state index in [0.29, 0.717) is 48.3 Å². The second-order valence-electron chi connectivity index (χ2n) is 9.26. The van der Waals surface area contributed by atoms with Crippen molar-refractivity contribution < 1.29 is 22.6 Å². The van der Waals surface area contributed by atoms with Crippen molar-refractivity contribution in [2.45, 2.75) is 58.2 Å². The van der Waals surface area contributed by atoms with Crippen LogP contribution in [0.25, 0.3) is 22.3 Å². The highest BCUT2D eigenvalue weighted by Gasteiger charge is 2.25. The van der Waals surface area contributed by atoms with Crippen LogP contribution in [0.4, 0.5) is 13.2 Å². The standard InChI is InChI=1S/C31H33F3O2/c1-3-5-7-8-23-14-17-27(31(34)30(23)33)22-12-10-21(11-13-22)24-15-16-26(28(32)18-24)25-19-35-29(36-20-25)9-6-4-2/h3,5,10-18,25,29H,4,6-9,19-20H2,1-2H3. The summed E-state index contributed by atoms with van der Waals surface area (Å²) in [6.45, 7) is 4.90. The first-order valence-corrected chi connectivity index (χ1v) is 12.7. The molecular formula is C31H33F3O2. The highest BCUT2D eigenvalue weighted by Crippen LogP contribution is 2.32. The molecule has 0 aromatic heterocycles. The van der Waals surface area contributed by atoms with E-state index in [1.165, 1.54) is 6.07 Å². The molecule has 1 saturated heterocycles. The number of allylic oxidation sites excluding steroid dienone is 2. The molecule has 0 spiro atoms. The van der Waals surface area contributed by atoms with Crippen molar-refractivity contribution in [2.75, 3.05) is 13.2 Å². The molecule has 36 heavy (non-hydrogen) atoms. The molecule has 0 radical (unpaired) electrons. The normalized spacial score (nSPS) is 18.1. The fourth-order valence-corrected chi connectivity index (χ4v) is 4.55. The fraction of sp³-hybridized carbons (Fsp3) is 0.355. The topological polar surface area (TPSA) is 18.5 Å². The Morgan fingerprint density at radius 2 is 1.56 bits per heavy atom. The van der Waals surface area contributed by atoms with Crippen molar-refractivity contribution in [1.29, 1.82) is 0 Å². The Kier molecular flexibility index (Phi) is 9.00. The van der Waals surface area contributed by atoms with Gasteiger partial charge in [-0.3, -0.25) is 0 Å². The van der Waals surface area contributed by atoms with Gasteiger partial charge in [0, 0.05) is 11.5 Å². The maximum Gasteiger partial charge on any atom is 0.166 e. The number of aryl methyl sites for hydroxylation is 1. The van der Waals surface area contributed by atoms with Crippen LogP contribution in [0.2, 0.25) is 0 Å². The van der Waals surface area contributed by atoms with E-state index >= 15 is 4.39 Å². The Morgan fingerprint density at radius 1 is 0.861 bits per heavy atom. The van der Waals surface area contributed by atoms with Gasteiger partial charge in [0.2, 0.25) is 0 Å². The van der Waals surface area contributed by atoms with Crippen LogP contribution in [0.1, 0.15) is 56.6 Å². The van der Waals surface area contributed by atoms with Crippen LogP contribution in [-0.2, 0) is 15.9 Å². The minimum atomic E-state index is -0.843. The molecule has 0 unspecified atom stereocenters. The van der Waals surface area contributed by atoms with Crippen LogP contribution >= 0.6 is 0 Å². The van der Waals surface area contributed by atoms with Crippen molar-refractivity contribution >= 4 is 0 Å². The van der Waals surface area contributed by atoms with Gasteiger partial charge in [0.15, 0.2) is 17.9 Å². The second kappa shape index (κ2) is 12.4. The molecule has 0 saturated carbocycles. The molecule has 1 aliphatic heterocycles. The van der Waals surface area contributed by atoms with Crippen LogP contribution in [-0.4, -0.2) is 19.5 Å². The van der Waals surface area contributed by atoms with E-state index in [2.05, 4.69) is 6.92 Å². The predicted octanol–water partition coefficient (Wildman–Crippen LogP) is 8.59. The van der Waals surface area contributed by atoms with E-state index in [0.717, 1.165) is 24.8 Å². The lowest BCUT2D eigenvalue weighted by atomic mass is 9.94. The van der Waals surface area contributed by atoms with Crippen molar-refractivity contribution in [3.05, 3.63) is 95.3 Å². The van der Waals surface area contributed by atoms with Crippen LogP contribution in [0.5, 0.6) is 0 Å². The quantitative estimate of drug-likeness (QED) is 0.277. The van der Waals surface area contributed by atoms with Gasteiger partial charge >= 0.3 is 0 Å². The molecular weight excluding hydrogens is 461 g/mol. The van der Waals surface area contributed by atoms with Crippen LogP contribution in [0.15, 0.2) is 66.7 Å². The number of ether oxygens (including phenoxy) is 2. The smallest absolute Gasteiger partial charge is 0.166 e. The predicted molar refractivity (Wildman–Crippen MR) is 138 cm³/mol. The van der Waals surface area contributed by atoms with E-state index < -0.39 is 11.6 Å². The van der Waals surface area contributed by atoms with E-state index in [-0.39, 0.29) is 23.6 Å². The molecule has 5 heteroatoms. The highest BCUT2D eigenvalue weighted by atomic mass is 19.2. The Balaban J connectivity index is 1.46. The maximum atomic E-state index is 15.0. The van der Waals surface area contributed by atoms with Gasteiger partial charge in [-0.15, -0.1) is 0 Å². The highest BCUT2D eigenvalue weighted by molar-refractivity contribution is 5.71. The van der Waals surface area contributed by atoms with Gasteiger partial charge in [0.25, 0.3) is 0 Å². The monoisotopic (exact) mass is 494 g/mol. The molecule has 1 fully saturated rings. The van der Waals surface area contributed by atoms with Gasteiger partial charge in [0.1, 0.15) is 5.82 Å². The summed E-state index contributed by atoms with van der Waals surface area (Å²) in [5, 5.41) is 0. The zero-order valence-corrected chi connectivity index (χ0v) is 20.9. The Bertz CT molecular complexity index is 1180. The van der Waals surface area contributed by atoms with Gasteiger partial charge in [-0.2, -0.15) is 0 Å². The zero-order chi connectivity index (χ0) is 25.5. The summed E-state index contributed by atoms with van der Waals surface area (Å²) in [5.41, 5.74) is 3.24. The number of benzene rings is 3. The number of hydrogen-bond donors (Lipinski definition) is 0. The second-order valence-corrected chi connectivity index (χ2v) is 9.26. The number of hydrogen-bond acceptors (Lipinski definition) is 2. The van der Waals surface area contributed by atoms with Gasteiger partial charge in [-0.25, -0.2) is 13.2 Å². The molecule has 1 heterocycles. The van der Waals surface area contributed by atoms with E-state index in [4.69, 9.17) is 9.47 Å². The van der Waals surface area contributed by atoms with Gasteiger partial charge in [-0.05, 0) is 66.5 Å². The molecule has 3 aromatic rings. The van der Waals surface area contributed by atoms with Crippen LogP contribution in [0.3, 0.4) is 0 Å². The lowest BCUT2D eigenvalue weighted by Crippen LogP contribution is -2.31. The summed E-state index contributed by atoms with van der Waals surface area (Å²) >= 11 is 0. The SMILES string of the molecule is CC=CCCc1ccc(-c2ccc(-c3ccc(C4COC(CCCC)OC4)c(F)c3)cc2)c(F)c1F. The van der Waals surface area contributed by atoms with Crippen molar-refractivity contribution in [2.24, 2.45) is 0 Å². The average Bonchev–Trinajstić information content (AvgIpc) is 2.90. The third kappa shape index (κ3) is 6.08. The maximum absolute atomic E-state index is 15.0. The van der Waals surface area contributed by atoms with Gasteiger partial charge < -0.3 is 9.47 Å². The van der Waals surface area contributed by atoms with E-state index in [1.807, 2.05) is 25.1 Å². The first-order valence-electron chi connectivity index (χ1n) is 12.7. The Morgan fingerprint density at radius 3 is 2.22 bits per heavy atom. The van der Waals surface area contributed by atoms with Crippen molar-refractivity contribution in [3.8, 4) is 22.3 Å². The lowest BCUT2D eigenvalue weighted by molar-refractivity contribution is -0.190. The first-order chi connectivity index (χ1) is 17.5. The molecule has 0 atom stereocenters. The summed E-state index contributed by atoms with van der Waals surface area (Å²) in [6, 6.07) is 15.5. The third-order valence-electron chi connectivity index (χ3n) is 6.71. The molecule has 0 amide bonds. The molecule has 190 valence electrons. The Hall–Kier alpha value is -2.89. The molecule has 4 rings (SSSR count). The van der Waals surface area contributed by atoms with Crippen LogP contribution in [0, 0.1) is 17.5 Å². The van der Waals surface area contributed by atoms with Crippen molar-refractivity contribution in [1.82, 2.24) is 0 Å². The molecule has 3 aromatic carbocycles. The van der Waals surface area contributed by atoms with Crippen molar-refractivity contribution in [3.63, 3.8) is 0 Å². The minimum Gasteiger partial charge on any atom is -0.352 e. The largest absolute Gasteiger partial charge is 0.352 e. The summed E-state index contributed by atoms with van der Waals surface area (Å²) in [6.07, 6.45) is 7.72. The fourth-order valence-electron chi connectivity index (χ4n) is 4.55. The summed E-state index contributed by atoms with van der Waals surface area (Å²) < 4.78 is 55.9. The van der Waals surface area contributed by atoms with Gasteiger partial charge in [0.05, 0.1) is 13.2 Å². The van der Waals surface area contributed by atoms with E-state index in [9.17, 15) is 8.78 Å². The average molecular weight is 495 g/mol. The summed E-state index contributed by atoms with van der Waals surface area (Å²) in [5.74, 6) is -2.09. The molecule has 2 nitrogen and oxygen atoms in total.